The first-order valence-corrected chi connectivity index (χ1v) is 6.01. The van der Waals surface area contributed by atoms with E-state index in [2.05, 4.69) is 0 Å². The van der Waals surface area contributed by atoms with Crippen LogP contribution in [0.4, 0.5) is 4.39 Å². The van der Waals surface area contributed by atoms with Gasteiger partial charge in [-0.05, 0) is 37.0 Å². The Morgan fingerprint density at radius 1 is 1.35 bits per heavy atom. The number of carbonyl (C=O) groups excluding carboxylic acids is 1. The van der Waals surface area contributed by atoms with Gasteiger partial charge in [0.1, 0.15) is 5.78 Å². The van der Waals surface area contributed by atoms with Gasteiger partial charge in [0.15, 0.2) is 11.6 Å². The van der Waals surface area contributed by atoms with E-state index in [0.29, 0.717) is 18.6 Å². The van der Waals surface area contributed by atoms with Crippen molar-refractivity contribution >= 4 is 5.78 Å². The Morgan fingerprint density at radius 2 is 2.12 bits per heavy atom. The highest BCUT2D eigenvalue weighted by Crippen LogP contribution is 2.18. The molecule has 0 N–H and O–H groups in total. The maximum atomic E-state index is 13.4. The number of aryl methyl sites for hydroxylation is 1. The largest absolute Gasteiger partial charge is 0.494 e. The molecule has 1 aromatic rings. The molecule has 0 radical (unpaired) electrons. The first kappa shape index (κ1) is 13.7. The van der Waals surface area contributed by atoms with E-state index in [1.807, 2.05) is 13.0 Å². The highest BCUT2D eigenvalue weighted by Gasteiger charge is 2.04. The number of rotatable bonds is 7. The standard InChI is InChI=1S/C14H19FO2/c1-3-5-12(16)7-4-6-11-8-9-14(17-2)13(15)10-11/h8-10H,3-7H2,1-2H3. The second-order valence-electron chi connectivity index (χ2n) is 4.11. The molecule has 94 valence electrons. The monoisotopic (exact) mass is 238 g/mol. The quantitative estimate of drug-likeness (QED) is 0.726. The van der Waals surface area contributed by atoms with E-state index in [-0.39, 0.29) is 11.6 Å². The maximum absolute atomic E-state index is 13.4. The van der Waals surface area contributed by atoms with Gasteiger partial charge in [0.2, 0.25) is 0 Å². The van der Waals surface area contributed by atoms with E-state index < -0.39 is 0 Å². The molecule has 0 amide bonds. The van der Waals surface area contributed by atoms with Gasteiger partial charge in [-0.15, -0.1) is 0 Å². The molecule has 0 saturated carbocycles. The number of carbonyl (C=O) groups is 1. The van der Waals surface area contributed by atoms with Crippen molar-refractivity contribution in [2.45, 2.75) is 39.0 Å². The molecular formula is C14H19FO2. The Bertz CT molecular complexity index is 374. The van der Waals surface area contributed by atoms with E-state index in [9.17, 15) is 9.18 Å². The Morgan fingerprint density at radius 3 is 2.71 bits per heavy atom. The molecule has 17 heavy (non-hydrogen) atoms. The van der Waals surface area contributed by atoms with Crippen molar-refractivity contribution in [3.05, 3.63) is 29.6 Å². The van der Waals surface area contributed by atoms with E-state index >= 15 is 0 Å². The molecule has 0 spiro atoms. The molecule has 0 saturated heterocycles. The summed E-state index contributed by atoms with van der Waals surface area (Å²) in [6, 6.07) is 4.94. The lowest BCUT2D eigenvalue weighted by molar-refractivity contribution is -0.119. The zero-order valence-corrected chi connectivity index (χ0v) is 10.5. The summed E-state index contributed by atoms with van der Waals surface area (Å²) in [6.07, 6.45) is 3.65. The van der Waals surface area contributed by atoms with E-state index in [1.165, 1.54) is 13.2 Å². The van der Waals surface area contributed by atoms with Gasteiger partial charge in [0.25, 0.3) is 0 Å². The topological polar surface area (TPSA) is 26.3 Å². The minimum absolute atomic E-state index is 0.260. The summed E-state index contributed by atoms with van der Waals surface area (Å²) in [4.78, 5) is 11.3. The Kier molecular flexibility index (Phi) is 5.67. The van der Waals surface area contributed by atoms with Crippen LogP contribution in [-0.2, 0) is 11.2 Å². The predicted molar refractivity (Wildman–Crippen MR) is 65.8 cm³/mol. The summed E-state index contributed by atoms with van der Waals surface area (Å²) >= 11 is 0. The highest BCUT2D eigenvalue weighted by atomic mass is 19.1. The zero-order valence-electron chi connectivity index (χ0n) is 10.5. The fourth-order valence-electron chi connectivity index (χ4n) is 1.76. The van der Waals surface area contributed by atoms with Gasteiger partial charge in [-0.25, -0.2) is 4.39 Å². The van der Waals surface area contributed by atoms with Gasteiger partial charge in [-0.2, -0.15) is 0 Å². The van der Waals surface area contributed by atoms with Gasteiger partial charge in [0.05, 0.1) is 7.11 Å². The molecule has 0 aliphatic carbocycles. The third-order valence-electron chi connectivity index (χ3n) is 2.67. The van der Waals surface area contributed by atoms with Crippen LogP contribution in [0.5, 0.6) is 5.75 Å². The lowest BCUT2D eigenvalue weighted by atomic mass is 10.0. The van der Waals surface area contributed by atoms with E-state index in [1.54, 1.807) is 6.07 Å². The molecule has 0 fully saturated rings. The van der Waals surface area contributed by atoms with Crippen LogP contribution in [0.1, 0.15) is 38.2 Å². The van der Waals surface area contributed by atoms with Crippen LogP contribution in [0.25, 0.3) is 0 Å². The first-order chi connectivity index (χ1) is 8.17. The van der Waals surface area contributed by atoms with Crippen molar-refractivity contribution in [1.82, 2.24) is 0 Å². The first-order valence-electron chi connectivity index (χ1n) is 6.01. The summed E-state index contributed by atoms with van der Waals surface area (Å²) in [5.41, 5.74) is 0.910. The Labute approximate surface area is 102 Å². The summed E-state index contributed by atoms with van der Waals surface area (Å²) in [5.74, 6) is 0.210. The molecule has 1 rings (SSSR count). The summed E-state index contributed by atoms with van der Waals surface area (Å²) in [5, 5.41) is 0. The molecule has 0 aliphatic rings. The minimum atomic E-state index is -0.343. The van der Waals surface area contributed by atoms with Gasteiger partial charge >= 0.3 is 0 Å². The number of benzene rings is 1. The van der Waals surface area contributed by atoms with Crippen LogP contribution in [0.3, 0.4) is 0 Å². The molecule has 0 aliphatic heterocycles. The molecule has 0 bridgehead atoms. The molecule has 1 aromatic carbocycles. The van der Waals surface area contributed by atoms with Crippen molar-refractivity contribution in [3.8, 4) is 5.75 Å². The van der Waals surface area contributed by atoms with Gasteiger partial charge in [0, 0.05) is 12.8 Å². The van der Waals surface area contributed by atoms with Crippen molar-refractivity contribution in [3.63, 3.8) is 0 Å². The average molecular weight is 238 g/mol. The van der Waals surface area contributed by atoms with Crippen LogP contribution in [0.2, 0.25) is 0 Å². The van der Waals surface area contributed by atoms with E-state index in [0.717, 1.165) is 24.8 Å². The number of ketones is 1. The molecular weight excluding hydrogens is 219 g/mol. The second kappa shape index (κ2) is 7.05. The molecule has 0 heterocycles. The van der Waals surface area contributed by atoms with Crippen molar-refractivity contribution < 1.29 is 13.9 Å². The lowest BCUT2D eigenvalue weighted by Crippen LogP contribution is -1.98. The van der Waals surface area contributed by atoms with Crippen LogP contribution in [0, 0.1) is 5.82 Å². The smallest absolute Gasteiger partial charge is 0.165 e. The second-order valence-corrected chi connectivity index (χ2v) is 4.11. The van der Waals surface area contributed by atoms with E-state index in [4.69, 9.17) is 4.74 Å². The summed E-state index contributed by atoms with van der Waals surface area (Å²) in [7, 11) is 1.45. The number of methoxy groups -OCH3 is 1. The van der Waals surface area contributed by atoms with Crippen LogP contribution in [-0.4, -0.2) is 12.9 Å². The molecule has 0 unspecified atom stereocenters. The molecule has 2 nitrogen and oxygen atoms in total. The number of ether oxygens (including phenoxy) is 1. The van der Waals surface area contributed by atoms with Crippen molar-refractivity contribution in [1.29, 1.82) is 0 Å². The normalized spacial score (nSPS) is 10.3. The molecule has 3 heteroatoms. The fourth-order valence-corrected chi connectivity index (χ4v) is 1.76. The average Bonchev–Trinajstić information content (AvgIpc) is 2.29. The fraction of sp³-hybridized carbons (Fsp3) is 0.500. The minimum Gasteiger partial charge on any atom is -0.494 e. The summed E-state index contributed by atoms with van der Waals surface area (Å²) in [6.45, 7) is 2.00. The molecule has 0 atom stereocenters. The van der Waals surface area contributed by atoms with Crippen LogP contribution < -0.4 is 4.74 Å². The van der Waals surface area contributed by atoms with Gasteiger partial charge in [-0.3, -0.25) is 4.79 Å². The maximum Gasteiger partial charge on any atom is 0.165 e. The number of hydrogen-bond donors (Lipinski definition) is 0. The van der Waals surface area contributed by atoms with Gasteiger partial charge in [-0.1, -0.05) is 13.0 Å². The Hall–Kier alpha value is -1.38. The van der Waals surface area contributed by atoms with Crippen LogP contribution >= 0.6 is 0 Å². The lowest BCUT2D eigenvalue weighted by Gasteiger charge is -2.05. The SMILES string of the molecule is CCCC(=O)CCCc1ccc(OC)c(F)c1. The number of Topliss-reactive ketones (excluding diaryl/α,β-unsaturated/α-hetero) is 1. The third-order valence-corrected chi connectivity index (χ3v) is 2.67. The number of halogens is 1. The van der Waals surface area contributed by atoms with Crippen LogP contribution in [0.15, 0.2) is 18.2 Å². The highest BCUT2D eigenvalue weighted by molar-refractivity contribution is 5.78. The zero-order chi connectivity index (χ0) is 12.7. The van der Waals surface area contributed by atoms with Crippen molar-refractivity contribution in [2.24, 2.45) is 0 Å². The Balaban J connectivity index is 2.42. The molecule has 0 aromatic heterocycles. The third kappa shape index (κ3) is 4.55. The predicted octanol–water partition coefficient (Wildman–Crippen LogP) is 3.53. The summed E-state index contributed by atoms with van der Waals surface area (Å²) < 4.78 is 18.2. The van der Waals surface area contributed by atoms with Crippen molar-refractivity contribution in [2.75, 3.05) is 7.11 Å². The van der Waals surface area contributed by atoms with Gasteiger partial charge < -0.3 is 4.74 Å². The number of hydrogen-bond acceptors (Lipinski definition) is 2.